The van der Waals surface area contributed by atoms with Gasteiger partial charge in [-0.15, -0.1) is 11.3 Å². The van der Waals surface area contributed by atoms with Crippen LogP contribution in [0.4, 0.5) is 0 Å². The first-order valence-electron chi connectivity index (χ1n) is 6.01. The van der Waals surface area contributed by atoms with Crippen LogP contribution in [0.5, 0.6) is 0 Å². The van der Waals surface area contributed by atoms with Crippen molar-refractivity contribution >= 4 is 33.2 Å². The first-order valence-corrected chi connectivity index (χ1v) is 7.20. The number of benzene rings is 1. The molecular formula is C13H15ClN2S. The minimum atomic E-state index is 0.246. The van der Waals surface area contributed by atoms with Gasteiger partial charge in [0.1, 0.15) is 5.01 Å². The number of halogens is 1. The summed E-state index contributed by atoms with van der Waals surface area (Å²) in [5.74, 6) is 0. The van der Waals surface area contributed by atoms with Crippen molar-refractivity contribution in [3.8, 4) is 0 Å². The van der Waals surface area contributed by atoms with Crippen molar-refractivity contribution < 1.29 is 0 Å². The second-order valence-corrected chi connectivity index (χ2v) is 6.16. The number of fused-ring (bicyclic) bond motifs is 1. The monoisotopic (exact) mass is 266 g/mol. The molecule has 1 fully saturated rings. The van der Waals surface area contributed by atoms with E-state index in [9.17, 15) is 0 Å². The molecule has 0 saturated carbocycles. The molecule has 2 heterocycles. The molecular weight excluding hydrogens is 252 g/mol. The molecule has 1 atom stereocenters. The van der Waals surface area contributed by atoms with E-state index in [1.54, 1.807) is 11.3 Å². The number of hydrogen-bond acceptors (Lipinski definition) is 3. The molecule has 1 aliphatic heterocycles. The Morgan fingerprint density at radius 3 is 3.12 bits per heavy atom. The van der Waals surface area contributed by atoms with Gasteiger partial charge in [-0.3, -0.25) is 0 Å². The minimum absolute atomic E-state index is 0.246. The van der Waals surface area contributed by atoms with Gasteiger partial charge in [0.05, 0.1) is 10.2 Å². The lowest BCUT2D eigenvalue weighted by atomic mass is 9.85. The van der Waals surface area contributed by atoms with Crippen LogP contribution in [0.15, 0.2) is 18.2 Å². The minimum Gasteiger partial charge on any atom is -0.316 e. The summed E-state index contributed by atoms with van der Waals surface area (Å²) in [5.41, 5.74) is 1.32. The first-order chi connectivity index (χ1) is 8.23. The SMILES string of the molecule is CCC1(c2nc3ccc(Cl)cc3s2)CCNC1. The molecule has 90 valence electrons. The Balaban J connectivity index is 2.11. The molecule has 1 aromatic heterocycles. The highest BCUT2D eigenvalue weighted by Gasteiger charge is 2.36. The fourth-order valence-corrected chi connectivity index (χ4v) is 4.03. The highest BCUT2D eigenvalue weighted by atomic mass is 35.5. The van der Waals surface area contributed by atoms with E-state index in [0.29, 0.717) is 0 Å². The van der Waals surface area contributed by atoms with E-state index < -0.39 is 0 Å². The maximum absolute atomic E-state index is 6.02. The smallest absolute Gasteiger partial charge is 0.101 e. The zero-order valence-corrected chi connectivity index (χ0v) is 11.4. The third kappa shape index (κ3) is 1.86. The Bertz CT molecular complexity index is 543. The summed E-state index contributed by atoms with van der Waals surface area (Å²) < 4.78 is 1.20. The number of thiazole rings is 1. The number of nitrogens with one attached hydrogen (secondary N) is 1. The number of aromatic nitrogens is 1. The molecule has 2 aromatic rings. The molecule has 2 nitrogen and oxygen atoms in total. The van der Waals surface area contributed by atoms with Gasteiger partial charge < -0.3 is 5.32 Å². The highest BCUT2D eigenvalue weighted by Crippen LogP contribution is 2.38. The third-order valence-corrected chi connectivity index (χ3v) is 5.22. The van der Waals surface area contributed by atoms with Gasteiger partial charge >= 0.3 is 0 Å². The van der Waals surface area contributed by atoms with Crippen molar-refractivity contribution in [2.24, 2.45) is 0 Å². The number of nitrogens with zero attached hydrogens (tertiary/aromatic N) is 1. The molecule has 0 spiro atoms. The van der Waals surface area contributed by atoms with Crippen molar-refractivity contribution in [2.45, 2.75) is 25.2 Å². The molecule has 1 N–H and O–H groups in total. The summed E-state index contributed by atoms with van der Waals surface area (Å²) in [7, 11) is 0. The van der Waals surface area contributed by atoms with Crippen LogP contribution in [0.2, 0.25) is 5.02 Å². The summed E-state index contributed by atoms with van der Waals surface area (Å²) in [6, 6.07) is 5.95. The lowest BCUT2D eigenvalue weighted by molar-refractivity contribution is 0.452. The van der Waals surface area contributed by atoms with Crippen molar-refractivity contribution in [2.75, 3.05) is 13.1 Å². The van der Waals surface area contributed by atoms with Gasteiger partial charge in [0.25, 0.3) is 0 Å². The van der Waals surface area contributed by atoms with Crippen LogP contribution in [0.3, 0.4) is 0 Å². The van der Waals surface area contributed by atoms with Crippen molar-refractivity contribution in [3.63, 3.8) is 0 Å². The van der Waals surface area contributed by atoms with Crippen LogP contribution in [0, 0.1) is 0 Å². The molecule has 1 unspecified atom stereocenters. The lowest BCUT2D eigenvalue weighted by Crippen LogP contribution is -2.27. The van der Waals surface area contributed by atoms with E-state index in [0.717, 1.165) is 30.0 Å². The zero-order valence-electron chi connectivity index (χ0n) is 9.79. The third-order valence-electron chi connectivity index (χ3n) is 3.72. The molecule has 4 heteroatoms. The number of hydrogen-bond donors (Lipinski definition) is 1. The Kier molecular flexibility index (Phi) is 2.85. The zero-order chi connectivity index (χ0) is 11.9. The van der Waals surface area contributed by atoms with Gasteiger partial charge in [0.2, 0.25) is 0 Å². The lowest BCUT2D eigenvalue weighted by Gasteiger charge is -2.23. The van der Waals surface area contributed by atoms with Gasteiger partial charge in [-0.25, -0.2) is 4.98 Å². The van der Waals surface area contributed by atoms with E-state index in [2.05, 4.69) is 12.2 Å². The highest BCUT2D eigenvalue weighted by molar-refractivity contribution is 7.18. The summed E-state index contributed by atoms with van der Waals surface area (Å²) in [6.45, 7) is 4.41. The van der Waals surface area contributed by atoms with Crippen LogP contribution in [-0.2, 0) is 5.41 Å². The van der Waals surface area contributed by atoms with Gasteiger partial charge in [-0.2, -0.15) is 0 Å². The fourth-order valence-electron chi connectivity index (χ4n) is 2.50. The Morgan fingerprint density at radius 1 is 1.53 bits per heavy atom. The average molecular weight is 267 g/mol. The van der Waals surface area contributed by atoms with E-state index in [1.807, 2.05) is 18.2 Å². The topological polar surface area (TPSA) is 24.9 Å². The Morgan fingerprint density at radius 2 is 2.41 bits per heavy atom. The van der Waals surface area contributed by atoms with Crippen molar-refractivity contribution in [1.82, 2.24) is 10.3 Å². The normalized spacial score (nSPS) is 24.6. The largest absolute Gasteiger partial charge is 0.316 e. The Hall–Kier alpha value is -0.640. The van der Waals surface area contributed by atoms with Gasteiger partial charge in [-0.05, 0) is 37.6 Å². The summed E-state index contributed by atoms with van der Waals surface area (Å²) in [4.78, 5) is 4.80. The van der Waals surface area contributed by atoms with Crippen LogP contribution in [0.25, 0.3) is 10.2 Å². The maximum atomic E-state index is 6.02. The average Bonchev–Trinajstić information content (AvgIpc) is 2.94. The van der Waals surface area contributed by atoms with Crippen LogP contribution in [-0.4, -0.2) is 18.1 Å². The van der Waals surface area contributed by atoms with E-state index in [1.165, 1.54) is 16.1 Å². The molecule has 0 amide bonds. The van der Waals surface area contributed by atoms with Gasteiger partial charge in [0, 0.05) is 17.0 Å². The van der Waals surface area contributed by atoms with E-state index in [4.69, 9.17) is 16.6 Å². The predicted octanol–water partition coefficient (Wildman–Crippen LogP) is 3.59. The molecule has 1 saturated heterocycles. The summed E-state index contributed by atoms with van der Waals surface area (Å²) in [6.07, 6.45) is 2.34. The predicted molar refractivity (Wildman–Crippen MR) is 74.1 cm³/mol. The van der Waals surface area contributed by atoms with E-state index in [-0.39, 0.29) is 5.41 Å². The molecule has 3 rings (SSSR count). The summed E-state index contributed by atoms with van der Waals surface area (Å²) >= 11 is 7.82. The summed E-state index contributed by atoms with van der Waals surface area (Å²) in [5, 5.41) is 5.52. The standard InChI is InChI=1S/C13H15ClN2S/c1-2-13(5-6-15-8-13)12-16-10-4-3-9(14)7-11(10)17-12/h3-4,7,15H,2,5-6,8H2,1H3. The molecule has 0 radical (unpaired) electrons. The molecule has 1 aliphatic rings. The van der Waals surface area contributed by atoms with Gasteiger partial charge in [0.15, 0.2) is 0 Å². The van der Waals surface area contributed by atoms with Crippen LogP contribution in [0.1, 0.15) is 24.8 Å². The van der Waals surface area contributed by atoms with Crippen molar-refractivity contribution in [3.05, 3.63) is 28.2 Å². The van der Waals surface area contributed by atoms with Gasteiger partial charge in [-0.1, -0.05) is 18.5 Å². The Labute approximate surface area is 110 Å². The second kappa shape index (κ2) is 4.23. The molecule has 17 heavy (non-hydrogen) atoms. The molecule has 1 aromatic carbocycles. The maximum Gasteiger partial charge on any atom is 0.101 e. The second-order valence-electron chi connectivity index (χ2n) is 4.69. The van der Waals surface area contributed by atoms with Crippen LogP contribution >= 0.6 is 22.9 Å². The van der Waals surface area contributed by atoms with E-state index >= 15 is 0 Å². The fraction of sp³-hybridized carbons (Fsp3) is 0.462. The van der Waals surface area contributed by atoms with Crippen LogP contribution < -0.4 is 5.32 Å². The molecule has 0 bridgehead atoms. The quantitative estimate of drug-likeness (QED) is 0.899. The number of rotatable bonds is 2. The first kappa shape index (κ1) is 11.5. The molecule has 0 aliphatic carbocycles. The van der Waals surface area contributed by atoms with Crippen molar-refractivity contribution in [1.29, 1.82) is 0 Å².